The maximum absolute atomic E-state index is 8.62. The van der Waals surface area contributed by atoms with Crippen molar-refractivity contribution in [3.63, 3.8) is 0 Å². The van der Waals surface area contributed by atoms with Gasteiger partial charge in [0.2, 0.25) is 0 Å². The second-order valence-corrected chi connectivity index (χ2v) is 3.66. The van der Waals surface area contributed by atoms with Crippen molar-refractivity contribution in [3.8, 4) is 0 Å². The van der Waals surface area contributed by atoms with Crippen LogP contribution in [-0.2, 0) is 67.1 Å². The monoisotopic (exact) mass is 516 g/mol. The Morgan fingerprint density at radius 1 is 0.778 bits per heavy atom. The van der Waals surface area contributed by atoms with Gasteiger partial charge in [0.05, 0.1) is 0 Å². The summed E-state index contributed by atoms with van der Waals surface area (Å²) in [4.78, 5) is 0. The van der Waals surface area contributed by atoms with Gasteiger partial charge in [-0.1, -0.05) is 0 Å². The van der Waals surface area contributed by atoms with Gasteiger partial charge in [-0.2, -0.15) is 0 Å². The molecule has 6 nitrogen and oxygen atoms in total. The average molecular weight is 517 g/mol. The molecule has 0 heterocycles. The van der Waals surface area contributed by atoms with Crippen LogP contribution in [0.4, 0.5) is 0 Å². The van der Waals surface area contributed by atoms with E-state index >= 15 is 0 Å². The fourth-order valence-electron chi connectivity index (χ4n) is 0. The summed E-state index contributed by atoms with van der Waals surface area (Å²) in [7, 11) is 0. The van der Waals surface area contributed by atoms with Crippen LogP contribution >= 0.6 is 0 Å². The predicted octanol–water partition coefficient (Wildman–Crippen LogP) is -2.86. The molecule has 0 spiro atoms. The molecule has 0 rings (SSSR count). The van der Waals surface area contributed by atoms with E-state index in [9.17, 15) is 0 Å². The van der Waals surface area contributed by atoms with Gasteiger partial charge in [-0.25, -0.2) is 0 Å². The van der Waals surface area contributed by atoms with Gasteiger partial charge in [0.25, 0.3) is 0 Å². The molecule has 0 aromatic carbocycles. The zero-order valence-corrected chi connectivity index (χ0v) is 11.1. The van der Waals surface area contributed by atoms with Crippen LogP contribution in [0, 0.1) is 0 Å². The summed E-state index contributed by atoms with van der Waals surface area (Å²) in [5, 5.41) is 0. The molecule has 56 valence electrons. The second kappa shape index (κ2) is 11.8. The number of rotatable bonds is 0. The molecule has 0 bridgehead atoms. The summed E-state index contributed by atoms with van der Waals surface area (Å²) in [6, 6.07) is 0. The van der Waals surface area contributed by atoms with Crippen LogP contribution in [-0.4, -0.2) is 0 Å². The van der Waals surface area contributed by atoms with E-state index in [4.69, 9.17) is 20.2 Å². The van der Waals surface area contributed by atoms with Crippen molar-refractivity contribution >= 4 is 0 Å². The van der Waals surface area contributed by atoms with Crippen molar-refractivity contribution in [2.45, 2.75) is 0 Å². The van der Waals surface area contributed by atoms with Gasteiger partial charge in [-0.3, -0.25) is 0 Å². The molecule has 0 saturated carbocycles. The molecule has 0 amide bonds. The van der Waals surface area contributed by atoms with Crippen molar-refractivity contribution < 1.29 is 74.3 Å². The van der Waals surface area contributed by atoms with Crippen LogP contribution < -0.4 is 7.23 Å². The normalized spacial score (nSPS) is 5.56. The molecule has 0 fully saturated rings. The third-order valence-electron chi connectivity index (χ3n) is 0. The van der Waals surface area contributed by atoms with Gasteiger partial charge in [0.1, 0.15) is 0 Å². The van der Waals surface area contributed by atoms with Gasteiger partial charge in [-0.05, 0) is 0 Å². The third-order valence-corrected chi connectivity index (χ3v) is 0. The van der Waals surface area contributed by atoms with E-state index in [1.165, 1.54) is 0 Å². The summed E-state index contributed by atoms with van der Waals surface area (Å²) in [6.07, 6.45) is 0. The van der Waals surface area contributed by atoms with Gasteiger partial charge in [0.15, 0.2) is 0 Å². The summed E-state index contributed by atoms with van der Waals surface area (Å²) >= 11 is -8.69. The Balaban J connectivity index is -0.0000000720. The van der Waals surface area contributed by atoms with Crippen molar-refractivity contribution in [1.29, 1.82) is 0 Å². The van der Waals surface area contributed by atoms with Gasteiger partial charge in [0, 0.05) is 0 Å². The number of hydrogen-bond acceptors (Lipinski definition) is 6. The molecule has 0 N–H and O–H groups in total. The molecule has 0 aliphatic carbocycles. The SMILES string of the molecule is [Ni+2].[O]=[Ta](=[O])[O-].[O]=[Ta](=[O])[O-]. The van der Waals surface area contributed by atoms with E-state index in [1.807, 2.05) is 0 Å². The van der Waals surface area contributed by atoms with Crippen LogP contribution in [0.25, 0.3) is 0 Å². The summed E-state index contributed by atoms with van der Waals surface area (Å²) in [5.74, 6) is 0. The molecular weight excluding hydrogens is 517 g/mol. The first-order valence-corrected chi connectivity index (χ1v) is 8.97. The van der Waals surface area contributed by atoms with E-state index < -0.39 is 37.6 Å². The van der Waals surface area contributed by atoms with Crippen LogP contribution in [0.5, 0.6) is 0 Å². The van der Waals surface area contributed by atoms with E-state index in [0.717, 1.165) is 0 Å². The first-order valence-electron chi connectivity index (χ1n) is 1.10. The topological polar surface area (TPSA) is 114 Å². The first-order chi connectivity index (χ1) is 3.46. The van der Waals surface area contributed by atoms with E-state index in [2.05, 4.69) is 0 Å². The molecular formula is NiO6Ta2. The molecule has 0 radical (unpaired) electrons. The van der Waals surface area contributed by atoms with Crippen LogP contribution in [0.15, 0.2) is 0 Å². The van der Waals surface area contributed by atoms with Gasteiger partial charge < -0.3 is 0 Å². The first kappa shape index (κ1) is 16.6. The average Bonchev–Trinajstić information content (AvgIpc) is 1.25. The molecule has 0 aromatic rings. The molecule has 0 aliphatic rings. The Morgan fingerprint density at radius 2 is 0.778 bits per heavy atom. The van der Waals surface area contributed by atoms with E-state index in [0.29, 0.717) is 0 Å². The van der Waals surface area contributed by atoms with Gasteiger partial charge in [-0.15, -0.1) is 0 Å². The molecule has 0 aromatic heterocycles. The van der Waals surface area contributed by atoms with Crippen LogP contribution in [0.3, 0.4) is 0 Å². The maximum atomic E-state index is 8.62. The summed E-state index contributed by atoms with van der Waals surface area (Å²) in [6.45, 7) is 0. The Bertz CT molecular complexity index is 128. The summed E-state index contributed by atoms with van der Waals surface area (Å²) in [5.41, 5.74) is 0. The Morgan fingerprint density at radius 3 is 0.778 bits per heavy atom. The Kier molecular flexibility index (Phi) is 21.8. The third kappa shape index (κ3) is 382. The standard InChI is InChI=1S/Ni.6O.2Ta/q+2;;;;;2*-1;;. The molecule has 0 atom stereocenters. The second-order valence-electron chi connectivity index (χ2n) is 0.447. The molecule has 9 heavy (non-hydrogen) atoms. The van der Waals surface area contributed by atoms with Crippen molar-refractivity contribution in [3.05, 3.63) is 0 Å². The molecule has 9 heteroatoms. The number of hydrogen-bond donors (Lipinski definition) is 0. The zero-order valence-electron chi connectivity index (χ0n) is 3.66. The van der Waals surface area contributed by atoms with Crippen molar-refractivity contribution in [2.24, 2.45) is 0 Å². The Hall–Kier alpha value is 1.09. The minimum absolute atomic E-state index is 0. The van der Waals surface area contributed by atoms with Crippen LogP contribution in [0.2, 0.25) is 0 Å². The molecule has 0 aliphatic heterocycles. The fraction of sp³-hybridized carbons (Fsp3) is 0. The molecule has 0 unspecified atom stereocenters. The minimum atomic E-state index is -4.34. The zero-order chi connectivity index (χ0) is 7.15. The van der Waals surface area contributed by atoms with Crippen LogP contribution in [0.1, 0.15) is 0 Å². The van der Waals surface area contributed by atoms with Crippen molar-refractivity contribution in [1.82, 2.24) is 0 Å². The fourth-order valence-corrected chi connectivity index (χ4v) is 0. The summed E-state index contributed by atoms with van der Waals surface area (Å²) < 4.78 is 51.7. The van der Waals surface area contributed by atoms with E-state index in [-0.39, 0.29) is 16.5 Å². The quantitative estimate of drug-likeness (QED) is 0.320. The molecule has 0 saturated heterocycles. The van der Waals surface area contributed by atoms with E-state index in [1.54, 1.807) is 0 Å². The van der Waals surface area contributed by atoms with Gasteiger partial charge >= 0.3 is 74.3 Å². The van der Waals surface area contributed by atoms with Crippen molar-refractivity contribution in [2.75, 3.05) is 0 Å². The Labute approximate surface area is 73.7 Å². The predicted molar refractivity (Wildman–Crippen MR) is 2.75 cm³/mol.